The molecule has 144 valence electrons. The van der Waals surface area contributed by atoms with E-state index >= 15 is 0 Å². The van der Waals surface area contributed by atoms with Crippen LogP contribution in [0, 0.1) is 0 Å². The highest BCUT2D eigenvalue weighted by Gasteiger charge is 2.41. The average Bonchev–Trinajstić information content (AvgIpc) is 3.11. The maximum absolute atomic E-state index is 13.3. The summed E-state index contributed by atoms with van der Waals surface area (Å²) in [6, 6.07) is 5.60. The smallest absolute Gasteiger partial charge is 0.282 e. The van der Waals surface area contributed by atoms with Crippen LogP contribution in [0.2, 0.25) is 0 Å². The first kappa shape index (κ1) is 18.0. The van der Waals surface area contributed by atoms with Crippen LogP contribution in [-0.4, -0.2) is 62.1 Å². The highest BCUT2D eigenvalue weighted by molar-refractivity contribution is 7.86. The van der Waals surface area contributed by atoms with Crippen molar-refractivity contribution in [1.82, 2.24) is 8.61 Å². The van der Waals surface area contributed by atoms with Gasteiger partial charge in [-0.25, -0.2) is 0 Å². The van der Waals surface area contributed by atoms with E-state index in [0.29, 0.717) is 38.6 Å². The maximum atomic E-state index is 13.3. The molecule has 3 aliphatic rings. The summed E-state index contributed by atoms with van der Waals surface area (Å²) in [6.45, 7) is 6.24. The summed E-state index contributed by atoms with van der Waals surface area (Å²) in [5.41, 5.74) is 0.963. The molecular weight excluding hydrogens is 356 g/mol. The van der Waals surface area contributed by atoms with Gasteiger partial charge in [-0.2, -0.15) is 17.0 Å². The van der Waals surface area contributed by atoms with Gasteiger partial charge in [0.2, 0.25) is 0 Å². The van der Waals surface area contributed by atoms with Crippen LogP contribution in [-0.2, 0) is 14.9 Å². The first-order valence-corrected chi connectivity index (χ1v) is 10.7. The van der Waals surface area contributed by atoms with Crippen LogP contribution < -0.4 is 9.47 Å². The van der Waals surface area contributed by atoms with Gasteiger partial charge in [-0.1, -0.05) is 6.07 Å². The van der Waals surface area contributed by atoms with E-state index in [1.807, 2.05) is 32.0 Å². The van der Waals surface area contributed by atoms with Crippen molar-refractivity contribution in [3.8, 4) is 11.5 Å². The van der Waals surface area contributed by atoms with Gasteiger partial charge in [-0.05, 0) is 44.4 Å². The van der Waals surface area contributed by atoms with E-state index in [1.54, 1.807) is 8.61 Å². The molecule has 26 heavy (non-hydrogen) atoms. The number of nitrogens with zero attached hydrogens (tertiary/aromatic N) is 2. The van der Waals surface area contributed by atoms with E-state index in [1.165, 1.54) is 0 Å². The van der Waals surface area contributed by atoms with Crippen molar-refractivity contribution in [1.29, 1.82) is 0 Å². The van der Waals surface area contributed by atoms with Crippen LogP contribution in [0.3, 0.4) is 0 Å². The second-order valence-corrected chi connectivity index (χ2v) is 9.13. The standard InChI is InChI=1S/C18H26N2O5S/c1-13-11-19(12-14(2)25-13)26(21,22)20-7-3-4-16(20)15-5-6-17-18(10-15)24-9-8-23-17/h5-6,10,13-14,16H,3-4,7-9,11-12H2,1-2H3. The lowest BCUT2D eigenvalue weighted by Crippen LogP contribution is -2.52. The molecule has 1 aromatic rings. The number of hydrogen-bond acceptors (Lipinski definition) is 5. The monoisotopic (exact) mass is 382 g/mol. The molecule has 0 amide bonds. The van der Waals surface area contributed by atoms with Gasteiger partial charge in [-0.15, -0.1) is 0 Å². The predicted molar refractivity (Wildman–Crippen MR) is 96.6 cm³/mol. The number of hydrogen-bond donors (Lipinski definition) is 0. The Balaban J connectivity index is 1.60. The lowest BCUT2D eigenvalue weighted by molar-refractivity contribution is -0.0455. The van der Waals surface area contributed by atoms with Gasteiger partial charge in [0.1, 0.15) is 13.2 Å². The van der Waals surface area contributed by atoms with Crippen molar-refractivity contribution >= 4 is 10.2 Å². The van der Waals surface area contributed by atoms with E-state index < -0.39 is 10.2 Å². The number of fused-ring (bicyclic) bond motifs is 1. The van der Waals surface area contributed by atoms with Gasteiger partial charge in [0.15, 0.2) is 11.5 Å². The van der Waals surface area contributed by atoms with Gasteiger partial charge in [0.25, 0.3) is 10.2 Å². The predicted octanol–water partition coefficient (Wildman–Crippen LogP) is 1.95. The topological polar surface area (TPSA) is 68.3 Å². The normalized spacial score (nSPS) is 30.5. The average molecular weight is 382 g/mol. The van der Waals surface area contributed by atoms with E-state index in [-0.39, 0.29) is 18.2 Å². The zero-order valence-corrected chi connectivity index (χ0v) is 16.1. The van der Waals surface area contributed by atoms with Crippen LogP contribution in [0.1, 0.15) is 38.3 Å². The van der Waals surface area contributed by atoms with Crippen LogP contribution in [0.5, 0.6) is 11.5 Å². The Hall–Kier alpha value is -1.35. The molecular formula is C18H26N2O5S. The molecule has 3 heterocycles. The Morgan fingerprint density at radius 2 is 1.73 bits per heavy atom. The van der Waals surface area contributed by atoms with Gasteiger partial charge >= 0.3 is 0 Å². The highest BCUT2D eigenvalue weighted by atomic mass is 32.2. The minimum atomic E-state index is -3.53. The molecule has 1 aromatic carbocycles. The highest BCUT2D eigenvalue weighted by Crippen LogP contribution is 2.40. The Bertz CT molecular complexity index is 759. The quantitative estimate of drug-likeness (QED) is 0.799. The van der Waals surface area contributed by atoms with Gasteiger partial charge in [0.05, 0.1) is 18.2 Å². The summed E-state index contributed by atoms with van der Waals surface area (Å²) in [4.78, 5) is 0. The molecule has 4 rings (SSSR count). The summed E-state index contributed by atoms with van der Waals surface area (Å²) in [5, 5.41) is 0. The van der Waals surface area contributed by atoms with E-state index in [2.05, 4.69) is 0 Å². The fourth-order valence-electron chi connectivity index (χ4n) is 4.08. The molecule has 2 fully saturated rings. The summed E-state index contributed by atoms with van der Waals surface area (Å²) >= 11 is 0. The minimum absolute atomic E-state index is 0.0936. The summed E-state index contributed by atoms with van der Waals surface area (Å²) in [5.74, 6) is 1.43. The lowest BCUT2D eigenvalue weighted by Gasteiger charge is -2.38. The Morgan fingerprint density at radius 3 is 2.46 bits per heavy atom. The summed E-state index contributed by atoms with van der Waals surface area (Å²) < 4.78 is 46.7. The molecule has 0 N–H and O–H groups in total. The Kier molecular flexibility index (Phi) is 4.85. The number of rotatable bonds is 3. The van der Waals surface area contributed by atoms with Crippen LogP contribution >= 0.6 is 0 Å². The fourth-order valence-corrected chi connectivity index (χ4v) is 6.09. The SMILES string of the molecule is CC1CN(S(=O)(=O)N2CCCC2c2ccc3c(c2)OCCO3)CC(C)O1. The maximum Gasteiger partial charge on any atom is 0.282 e. The van der Waals surface area contributed by atoms with Gasteiger partial charge in [-0.3, -0.25) is 0 Å². The third kappa shape index (κ3) is 3.31. The lowest BCUT2D eigenvalue weighted by atomic mass is 10.0. The molecule has 3 aliphatic heterocycles. The molecule has 3 unspecified atom stereocenters. The van der Waals surface area contributed by atoms with Crippen molar-refractivity contribution in [3.05, 3.63) is 23.8 Å². The summed E-state index contributed by atoms with van der Waals surface area (Å²) in [6.07, 6.45) is 1.48. The zero-order valence-electron chi connectivity index (χ0n) is 15.3. The van der Waals surface area contributed by atoms with E-state index in [0.717, 1.165) is 24.2 Å². The second-order valence-electron chi connectivity index (χ2n) is 7.25. The van der Waals surface area contributed by atoms with Crippen molar-refractivity contribution < 1.29 is 22.6 Å². The van der Waals surface area contributed by atoms with Crippen molar-refractivity contribution in [2.45, 2.75) is 44.9 Å². The second kappa shape index (κ2) is 6.99. The fraction of sp³-hybridized carbons (Fsp3) is 0.667. The molecule has 0 aromatic heterocycles. The zero-order chi connectivity index (χ0) is 18.3. The third-order valence-electron chi connectivity index (χ3n) is 5.16. The molecule has 7 nitrogen and oxygen atoms in total. The Labute approximate surface area is 155 Å². The molecule has 0 radical (unpaired) electrons. The van der Waals surface area contributed by atoms with E-state index in [4.69, 9.17) is 14.2 Å². The van der Waals surface area contributed by atoms with Crippen molar-refractivity contribution in [2.24, 2.45) is 0 Å². The first-order valence-electron chi connectivity index (χ1n) is 9.27. The largest absolute Gasteiger partial charge is 0.486 e. The number of morpholine rings is 1. The Morgan fingerprint density at radius 1 is 1.04 bits per heavy atom. The molecule has 3 atom stereocenters. The van der Waals surface area contributed by atoms with Crippen LogP contribution in [0.15, 0.2) is 18.2 Å². The third-order valence-corrected chi connectivity index (χ3v) is 7.14. The molecule has 0 bridgehead atoms. The molecule has 0 aliphatic carbocycles. The van der Waals surface area contributed by atoms with Crippen molar-refractivity contribution in [3.63, 3.8) is 0 Å². The van der Waals surface area contributed by atoms with Gasteiger partial charge in [0, 0.05) is 19.6 Å². The molecule has 0 saturated carbocycles. The van der Waals surface area contributed by atoms with Crippen molar-refractivity contribution in [2.75, 3.05) is 32.8 Å². The van der Waals surface area contributed by atoms with Gasteiger partial charge < -0.3 is 14.2 Å². The first-order chi connectivity index (χ1) is 12.4. The summed E-state index contributed by atoms with van der Waals surface area (Å²) in [7, 11) is -3.53. The number of ether oxygens (including phenoxy) is 3. The van der Waals surface area contributed by atoms with Crippen LogP contribution in [0.25, 0.3) is 0 Å². The molecule has 8 heteroatoms. The van der Waals surface area contributed by atoms with Crippen LogP contribution in [0.4, 0.5) is 0 Å². The molecule has 0 spiro atoms. The van der Waals surface area contributed by atoms with E-state index in [9.17, 15) is 8.42 Å². The number of benzene rings is 1. The molecule has 2 saturated heterocycles. The minimum Gasteiger partial charge on any atom is -0.486 e.